The highest BCUT2D eigenvalue weighted by Gasteiger charge is 2.61. The number of rotatable bonds is 10. The van der Waals surface area contributed by atoms with Gasteiger partial charge in [0.05, 0.1) is 12.7 Å². The van der Waals surface area contributed by atoms with Crippen molar-refractivity contribution in [1.82, 2.24) is 0 Å². The summed E-state index contributed by atoms with van der Waals surface area (Å²) in [5, 5.41) is 11.4. The highest BCUT2D eigenvalue weighted by molar-refractivity contribution is 5.79. The Morgan fingerprint density at radius 2 is 1.82 bits per heavy atom. The molecule has 0 heterocycles. The number of aliphatic hydroxyl groups is 1. The topological polar surface area (TPSA) is 46.5 Å². The van der Waals surface area contributed by atoms with Gasteiger partial charge >= 0.3 is 0 Å². The lowest BCUT2D eigenvalue weighted by atomic mass is 9.44. The SMILES string of the molecule is CCC(CC)CC(CC)c1cccc(OCC[C@]23CCC4C(CCC5CC(=O)CC[C@@]54C)C2CC[C@@H]3O)c1. The minimum atomic E-state index is -0.189. The molecule has 0 radical (unpaired) electrons. The number of ketones is 1. The van der Waals surface area contributed by atoms with Gasteiger partial charge in [-0.05, 0) is 123 Å². The van der Waals surface area contributed by atoms with E-state index >= 15 is 0 Å². The number of Topliss-reactive ketones (excluding diaryl/α,β-unsaturated/α-hetero) is 1. The first-order valence-corrected chi connectivity index (χ1v) is 16.3. The molecule has 212 valence electrons. The molecule has 4 saturated carbocycles. The molecule has 0 amide bonds. The van der Waals surface area contributed by atoms with E-state index in [0.29, 0.717) is 41.5 Å². The number of fused-ring (bicyclic) bond motifs is 5. The van der Waals surface area contributed by atoms with Gasteiger partial charge in [-0.3, -0.25) is 4.79 Å². The fourth-order valence-electron chi connectivity index (χ4n) is 10.1. The highest BCUT2D eigenvalue weighted by atomic mass is 16.5. The van der Waals surface area contributed by atoms with Crippen LogP contribution in [0.3, 0.4) is 0 Å². The van der Waals surface area contributed by atoms with Gasteiger partial charge in [0.15, 0.2) is 0 Å². The van der Waals surface area contributed by atoms with E-state index in [9.17, 15) is 9.90 Å². The number of carbonyl (C=O) groups is 1. The van der Waals surface area contributed by atoms with Crippen LogP contribution in [-0.2, 0) is 4.79 Å². The van der Waals surface area contributed by atoms with Gasteiger partial charge in [0.1, 0.15) is 11.5 Å². The number of hydrogen-bond donors (Lipinski definition) is 1. The Balaban J connectivity index is 1.25. The van der Waals surface area contributed by atoms with Crippen LogP contribution in [0, 0.1) is 40.4 Å². The number of carbonyl (C=O) groups excluding carboxylic acids is 1. The molecule has 8 atom stereocenters. The normalized spacial score (nSPS) is 37.4. The van der Waals surface area contributed by atoms with Crippen molar-refractivity contribution in [3.8, 4) is 5.75 Å². The van der Waals surface area contributed by atoms with Crippen LogP contribution in [0.4, 0.5) is 0 Å². The summed E-state index contributed by atoms with van der Waals surface area (Å²) in [6.07, 6.45) is 15.4. The molecule has 1 aromatic carbocycles. The van der Waals surface area contributed by atoms with Crippen molar-refractivity contribution in [2.75, 3.05) is 6.61 Å². The smallest absolute Gasteiger partial charge is 0.133 e. The maximum absolute atomic E-state index is 12.2. The monoisotopic (exact) mass is 522 g/mol. The van der Waals surface area contributed by atoms with E-state index in [2.05, 4.69) is 52.0 Å². The van der Waals surface area contributed by atoms with E-state index < -0.39 is 0 Å². The summed E-state index contributed by atoms with van der Waals surface area (Å²) in [6.45, 7) is 10.2. The second-order valence-corrected chi connectivity index (χ2v) is 14.0. The third-order valence-corrected chi connectivity index (χ3v) is 12.6. The molecule has 0 bridgehead atoms. The summed E-state index contributed by atoms with van der Waals surface area (Å²) in [5.74, 6) is 5.55. The van der Waals surface area contributed by atoms with Gasteiger partial charge in [-0.2, -0.15) is 0 Å². The van der Waals surface area contributed by atoms with Crippen LogP contribution < -0.4 is 4.74 Å². The first-order chi connectivity index (χ1) is 18.3. The zero-order valence-electron chi connectivity index (χ0n) is 24.7. The van der Waals surface area contributed by atoms with Crippen LogP contribution in [0.5, 0.6) is 5.75 Å². The molecule has 5 unspecified atom stereocenters. The molecule has 0 saturated heterocycles. The van der Waals surface area contributed by atoms with E-state index in [4.69, 9.17) is 4.74 Å². The molecule has 0 spiro atoms. The molecular weight excluding hydrogens is 468 g/mol. The first kappa shape index (κ1) is 28.2. The third kappa shape index (κ3) is 5.11. The van der Waals surface area contributed by atoms with Gasteiger partial charge in [0.25, 0.3) is 0 Å². The second-order valence-electron chi connectivity index (χ2n) is 14.0. The van der Waals surface area contributed by atoms with Gasteiger partial charge in [-0.1, -0.05) is 52.7 Å². The predicted octanol–water partition coefficient (Wildman–Crippen LogP) is 8.73. The molecule has 3 nitrogen and oxygen atoms in total. The van der Waals surface area contributed by atoms with Crippen molar-refractivity contribution in [3.05, 3.63) is 29.8 Å². The number of ether oxygens (including phenoxy) is 1. The molecule has 0 aliphatic heterocycles. The summed E-state index contributed by atoms with van der Waals surface area (Å²) in [4.78, 5) is 12.2. The molecule has 4 fully saturated rings. The summed E-state index contributed by atoms with van der Waals surface area (Å²) in [7, 11) is 0. The largest absolute Gasteiger partial charge is 0.494 e. The minimum Gasteiger partial charge on any atom is -0.494 e. The van der Waals surface area contributed by atoms with Crippen molar-refractivity contribution < 1.29 is 14.6 Å². The lowest BCUT2D eigenvalue weighted by molar-refractivity contribution is -0.145. The van der Waals surface area contributed by atoms with Crippen LogP contribution in [0.2, 0.25) is 0 Å². The molecule has 38 heavy (non-hydrogen) atoms. The molecule has 1 aromatic rings. The molecular formula is C35H54O3. The quantitative estimate of drug-likeness (QED) is 0.334. The average Bonchev–Trinajstić information content (AvgIpc) is 3.26. The lowest BCUT2D eigenvalue weighted by Gasteiger charge is -2.60. The summed E-state index contributed by atoms with van der Waals surface area (Å²) >= 11 is 0. The molecule has 0 aromatic heterocycles. The Kier molecular flexibility index (Phi) is 8.63. The van der Waals surface area contributed by atoms with E-state index in [1.54, 1.807) is 0 Å². The van der Waals surface area contributed by atoms with Crippen molar-refractivity contribution in [2.24, 2.45) is 40.4 Å². The predicted molar refractivity (Wildman–Crippen MR) is 155 cm³/mol. The van der Waals surface area contributed by atoms with Gasteiger partial charge < -0.3 is 9.84 Å². The number of benzene rings is 1. The minimum absolute atomic E-state index is 0.0217. The van der Waals surface area contributed by atoms with Crippen LogP contribution in [0.15, 0.2) is 24.3 Å². The average molecular weight is 523 g/mol. The maximum Gasteiger partial charge on any atom is 0.133 e. The van der Waals surface area contributed by atoms with Crippen LogP contribution >= 0.6 is 0 Å². The van der Waals surface area contributed by atoms with E-state index in [1.807, 2.05) is 0 Å². The third-order valence-electron chi connectivity index (χ3n) is 12.6. The summed E-state index contributed by atoms with van der Waals surface area (Å²) in [6, 6.07) is 8.87. The zero-order chi connectivity index (χ0) is 26.9. The number of aliphatic hydroxyl groups excluding tert-OH is 1. The Bertz CT molecular complexity index is 952. The van der Waals surface area contributed by atoms with Crippen molar-refractivity contribution in [2.45, 2.75) is 130 Å². The maximum atomic E-state index is 12.2. The Labute approximate surface area is 232 Å². The molecule has 5 rings (SSSR count). The van der Waals surface area contributed by atoms with E-state index in [1.165, 1.54) is 56.9 Å². The lowest BCUT2D eigenvalue weighted by Crippen LogP contribution is -2.55. The van der Waals surface area contributed by atoms with E-state index in [0.717, 1.165) is 56.1 Å². The second kappa shape index (κ2) is 11.6. The van der Waals surface area contributed by atoms with Crippen LogP contribution in [-0.4, -0.2) is 23.6 Å². The Hall–Kier alpha value is -1.35. The van der Waals surface area contributed by atoms with E-state index in [-0.39, 0.29) is 11.5 Å². The number of hydrogen-bond acceptors (Lipinski definition) is 3. The fourth-order valence-corrected chi connectivity index (χ4v) is 10.1. The fraction of sp³-hybridized carbons (Fsp3) is 0.800. The summed E-state index contributed by atoms with van der Waals surface area (Å²) < 4.78 is 6.46. The van der Waals surface area contributed by atoms with Crippen LogP contribution in [0.1, 0.15) is 129 Å². The highest BCUT2D eigenvalue weighted by Crippen LogP contribution is 2.66. The Morgan fingerprint density at radius 1 is 1.00 bits per heavy atom. The van der Waals surface area contributed by atoms with Crippen molar-refractivity contribution in [3.63, 3.8) is 0 Å². The molecule has 4 aliphatic rings. The molecule has 4 aliphatic carbocycles. The van der Waals surface area contributed by atoms with Crippen molar-refractivity contribution in [1.29, 1.82) is 0 Å². The first-order valence-electron chi connectivity index (χ1n) is 16.3. The molecule has 1 N–H and O–H groups in total. The molecule has 3 heteroatoms. The van der Waals surface area contributed by atoms with Gasteiger partial charge in [0, 0.05) is 18.3 Å². The summed E-state index contributed by atoms with van der Waals surface area (Å²) in [5.41, 5.74) is 1.77. The van der Waals surface area contributed by atoms with Crippen LogP contribution in [0.25, 0.3) is 0 Å². The zero-order valence-corrected chi connectivity index (χ0v) is 24.7. The Morgan fingerprint density at radius 3 is 2.58 bits per heavy atom. The van der Waals surface area contributed by atoms with Gasteiger partial charge in [-0.15, -0.1) is 0 Å². The van der Waals surface area contributed by atoms with Gasteiger partial charge in [0.2, 0.25) is 0 Å². The van der Waals surface area contributed by atoms with Crippen molar-refractivity contribution >= 4 is 5.78 Å². The standard InChI is InChI=1S/C35H54O3/c1-5-24(6-2)21-25(7-3)26-9-8-10-29(22-26)38-20-19-35-18-16-31-30(32(35)13-14-33(35)37)12-11-27-23-28(36)15-17-34(27,31)4/h8-10,22,24-25,27,30-33,37H,5-7,11-21,23H2,1-4H3/t25?,27?,30?,31?,32?,33-,34-,35+/m0/s1. The van der Waals surface area contributed by atoms with Gasteiger partial charge in [-0.25, -0.2) is 0 Å².